The number of carbonyl (C=O) groups is 4. The monoisotopic (exact) mass is 491 g/mol. The average molecular weight is 492 g/mol. The molecule has 0 aliphatic carbocycles. The minimum atomic E-state index is -0.948. The van der Waals surface area contributed by atoms with Crippen molar-refractivity contribution < 1.29 is 33.4 Å². The van der Waals surface area contributed by atoms with Gasteiger partial charge in [-0.2, -0.15) is 0 Å². The van der Waals surface area contributed by atoms with Crippen molar-refractivity contribution in [2.45, 2.75) is 69.5 Å². The molecule has 0 bridgehead atoms. The van der Waals surface area contributed by atoms with E-state index in [0.717, 1.165) is 12.8 Å². The van der Waals surface area contributed by atoms with E-state index < -0.39 is 42.3 Å². The van der Waals surface area contributed by atoms with Crippen molar-refractivity contribution in [2.24, 2.45) is 28.7 Å². The van der Waals surface area contributed by atoms with Crippen molar-refractivity contribution in [1.29, 1.82) is 0 Å². The summed E-state index contributed by atoms with van der Waals surface area (Å²) in [5.41, 5.74) is 26.8. The number of rotatable bonds is 19. The van der Waals surface area contributed by atoms with Crippen LogP contribution in [0.3, 0.4) is 0 Å². The minimum Gasteiger partial charge on any atom is -0.448 e. The Morgan fingerprint density at radius 3 is 1.59 bits per heavy atom. The Bertz CT molecular complexity index is 610. The predicted molar refractivity (Wildman–Crippen MR) is 124 cm³/mol. The van der Waals surface area contributed by atoms with Gasteiger partial charge in [-0.05, 0) is 45.2 Å². The third kappa shape index (κ3) is 18.7. The van der Waals surface area contributed by atoms with Crippen LogP contribution in [0, 0.1) is 0 Å². The fourth-order valence-electron chi connectivity index (χ4n) is 2.83. The van der Waals surface area contributed by atoms with Crippen LogP contribution in [0.2, 0.25) is 0 Å². The van der Waals surface area contributed by atoms with Gasteiger partial charge in [-0.15, -0.1) is 0 Å². The van der Waals surface area contributed by atoms with Crippen molar-refractivity contribution in [3.05, 3.63) is 0 Å². The first-order valence-corrected chi connectivity index (χ1v) is 11.4. The number of amides is 4. The summed E-state index contributed by atoms with van der Waals surface area (Å²) in [4.78, 5) is 46.0. The molecule has 0 aliphatic rings. The van der Waals surface area contributed by atoms with E-state index in [-0.39, 0.29) is 32.7 Å². The molecule has 198 valence electrons. The summed E-state index contributed by atoms with van der Waals surface area (Å²) < 4.78 is 15.1. The first-order valence-electron chi connectivity index (χ1n) is 11.4. The van der Waals surface area contributed by atoms with Crippen LogP contribution in [0.4, 0.5) is 14.4 Å². The Hall–Kier alpha value is -2.84. The lowest BCUT2D eigenvalue weighted by Crippen LogP contribution is -2.44. The molecule has 34 heavy (non-hydrogen) atoms. The number of nitrogens with two attached hydrogens (primary N) is 5. The standard InChI is InChI=1S/C20H41N7O7/c21-9-3-1-5-15(12-32-18(25)29)26-20(31)34-13-16(6-2-4-10-22)27-19(30)33-11-14(23)7-8-17(24)28/h14-16H,1-13,21-23H2,(H2,24,28)(H2,25,29)(H,26,31)(H,27,30). The highest BCUT2D eigenvalue weighted by atomic mass is 16.6. The number of primary amides is 2. The molecule has 0 spiro atoms. The molecule has 0 rings (SSSR count). The zero-order chi connectivity index (χ0) is 25.8. The van der Waals surface area contributed by atoms with Gasteiger partial charge in [0.2, 0.25) is 5.91 Å². The number of hydrogen-bond acceptors (Lipinski definition) is 10. The number of alkyl carbamates (subject to hydrolysis) is 2. The number of ether oxygens (including phenoxy) is 3. The molecule has 0 radical (unpaired) electrons. The number of nitrogens with one attached hydrogen (secondary N) is 2. The largest absolute Gasteiger partial charge is 0.448 e. The van der Waals surface area contributed by atoms with Gasteiger partial charge >= 0.3 is 18.3 Å². The molecule has 0 saturated heterocycles. The van der Waals surface area contributed by atoms with Gasteiger partial charge in [-0.3, -0.25) is 4.79 Å². The van der Waals surface area contributed by atoms with E-state index in [9.17, 15) is 19.2 Å². The van der Waals surface area contributed by atoms with E-state index in [4.69, 9.17) is 42.9 Å². The zero-order valence-corrected chi connectivity index (χ0v) is 19.7. The molecule has 3 unspecified atom stereocenters. The van der Waals surface area contributed by atoms with Crippen LogP contribution in [0.1, 0.15) is 51.4 Å². The van der Waals surface area contributed by atoms with Crippen molar-refractivity contribution in [2.75, 3.05) is 32.9 Å². The first-order chi connectivity index (χ1) is 16.2. The number of unbranched alkanes of at least 4 members (excludes halogenated alkanes) is 2. The number of hydrogen-bond donors (Lipinski definition) is 7. The van der Waals surface area contributed by atoms with Crippen LogP contribution in [0.5, 0.6) is 0 Å². The molecular weight excluding hydrogens is 450 g/mol. The number of carbonyl (C=O) groups excluding carboxylic acids is 4. The van der Waals surface area contributed by atoms with Crippen molar-refractivity contribution in [3.8, 4) is 0 Å². The Labute approximate surface area is 199 Å². The maximum atomic E-state index is 12.2. The molecule has 0 heterocycles. The van der Waals surface area contributed by atoms with E-state index in [1.54, 1.807) is 0 Å². The maximum absolute atomic E-state index is 12.2. The Kier molecular flexibility index (Phi) is 18.0. The van der Waals surface area contributed by atoms with Gasteiger partial charge in [-0.1, -0.05) is 12.8 Å². The van der Waals surface area contributed by atoms with Crippen molar-refractivity contribution in [3.63, 3.8) is 0 Å². The lowest BCUT2D eigenvalue weighted by atomic mass is 10.1. The molecule has 0 aromatic carbocycles. The van der Waals surface area contributed by atoms with E-state index in [1.807, 2.05) is 0 Å². The highest BCUT2D eigenvalue weighted by Crippen LogP contribution is 2.05. The second-order valence-electron chi connectivity index (χ2n) is 7.84. The molecule has 12 N–H and O–H groups in total. The molecular formula is C20H41N7O7. The average Bonchev–Trinajstić information content (AvgIpc) is 2.78. The molecule has 0 fully saturated rings. The molecule has 3 atom stereocenters. The van der Waals surface area contributed by atoms with Gasteiger partial charge in [-0.25, -0.2) is 14.4 Å². The summed E-state index contributed by atoms with van der Waals surface area (Å²) in [7, 11) is 0. The lowest BCUT2D eigenvalue weighted by Gasteiger charge is -2.21. The van der Waals surface area contributed by atoms with Gasteiger partial charge < -0.3 is 53.5 Å². The second kappa shape index (κ2) is 19.6. The Morgan fingerprint density at radius 2 is 1.15 bits per heavy atom. The highest BCUT2D eigenvalue weighted by molar-refractivity contribution is 5.73. The van der Waals surface area contributed by atoms with Crippen molar-refractivity contribution in [1.82, 2.24) is 10.6 Å². The molecule has 4 amide bonds. The van der Waals surface area contributed by atoms with Crippen LogP contribution in [0.15, 0.2) is 0 Å². The van der Waals surface area contributed by atoms with Crippen LogP contribution >= 0.6 is 0 Å². The second-order valence-corrected chi connectivity index (χ2v) is 7.84. The van der Waals surface area contributed by atoms with Gasteiger partial charge in [0.15, 0.2) is 0 Å². The zero-order valence-electron chi connectivity index (χ0n) is 19.7. The molecule has 0 aliphatic heterocycles. The van der Waals surface area contributed by atoms with Crippen LogP contribution in [0.25, 0.3) is 0 Å². The van der Waals surface area contributed by atoms with Crippen LogP contribution < -0.4 is 39.3 Å². The van der Waals surface area contributed by atoms with Gasteiger partial charge in [0, 0.05) is 12.5 Å². The molecule has 0 aromatic heterocycles. The van der Waals surface area contributed by atoms with E-state index in [0.29, 0.717) is 38.8 Å². The van der Waals surface area contributed by atoms with E-state index in [1.165, 1.54) is 0 Å². The molecule has 0 aromatic rings. The summed E-state index contributed by atoms with van der Waals surface area (Å²) >= 11 is 0. The molecule has 0 saturated carbocycles. The highest BCUT2D eigenvalue weighted by Gasteiger charge is 2.19. The topological polar surface area (TPSA) is 250 Å². The Balaban J connectivity index is 4.65. The third-order valence-electron chi connectivity index (χ3n) is 4.69. The SMILES string of the molecule is NCCCCC(COC(N)=O)NC(=O)OCC(CCCCN)NC(=O)OCC(N)CCC(N)=O. The third-order valence-corrected chi connectivity index (χ3v) is 4.69. The predicted octanol–water partition coefficient (Wildman–Crippen LogP) is -0.878. The fourth-order valence-corrected chi connectivity index (χ4v) is 2.83. The smallest absolute Gasteiger partial charge is 0.407 e. The van der Waals surface area contributed by atoms with Gasteiger partial charge in [0.25, 0.3) is 0 Å². The summed E-state index contributed by atoms with van der Waals surface area (Å²) in [5, 5.41) is 5.25. The quantitative estimate of drug-likeness (QED) is 0.0867. The summed E-state index contributed by atoms with van der Waals surface area (Å²) in [6.45, 7) is 0.662. The van der Waals surface area contributed by atoms with E-state index >= 15 is 0 Å². The van der Waals surface area contributed by atoms with Gasteiger partial charge in [0.05, 0.1) is 12.1 Å². The molecule has 14 nitrogen and oxygen atoms in total. The maximum Gasteiger partial charge on any atom is 0.407 e. The van der Waals surface area contributed by atoms with Crippen LogP contribution in [-0.4, -0.2) is 75.2 Å². The normalized spacial score (nSPS) is 13.3. The summed E-state index contributed by atoms with van der Waals surface area (Å²) in [6, 6.07) is -1.55. The summed E-state index contributed by atoms with van der Waals surface area (Å²) in [5.74, 6) is -0.488. The summed E-state index contributed by atoms with van der Waals surface area (Å²) in [6.07, 6.45) is 1.85. The Morgan fingerprint density at radius 1 is 0.676 bits per heavy atom. The molecule has 14 heteroatoms. The minimum absolute atomic E-state index is 0.0918. The van der Waals surface area contributed by atoms with Gasteiger partial charge in [0.1, 0.15) is 19.8 Å². The fraction of sp³-hybridized carbons (Fsp3) is 0.800. The van der Waals surface area contributed by atoms with Crippen molar-refractivity contribution >= 4 is 24.2 Å². The first kappa shape index (κ1) is 31.2. The van der Waals surface area contributed by atoms with E-state index in [2.05, 4.69) is 10.6 Å². The van der Waals surface area contributed by atoms with Crippen LogP contribution in [-0.2, 0) is 19.0 Å². The lowest BCUT2D eigenvalue weighted by molar-refractivity contribution is -0.118.